The van der Waals surface area contributed by atoms with Gasteiger partial charge in [-0.3, -0.25) is 4.79 Å². The third kappa shape index (κ3) is 4.38. The maximum absolute atomic E-state index is 12.2. The number of furan rings is 1. The first kappa shape index (κ1) is 17.6. The van der Waals surface area contributed by atoms with E-state index in [4.69, 9.17) is 14.3 Å². The number of benzene rings is 1. The fourth-order valence-corrected chi connectivity index (χ4v) is 2.25. The standard InChI is InChI=1S/C18H21NO5/c1-4-15-14(18(21)22)9-16(24-15)17(20)19-12(3)10-23-13-7-5-6-11(2)8-13/h5-9,12H,4,10H2,1-3H3,(H,19,20)(H,21,22). The summed E-state index contributed by atoms with van der Waals surface area (Å²) in [5, 5.41) is 11.8. The van der Waals surface area contributed by atoms with Crippen LogP contribution >= 0.6 is 0 Å². The fourth-order valence-electron chi connectivity index (χ4n) is 2.25. The highest BCUT2D eigenvalue weighted by Gasteiger charge is 2.21. The number of carbonyl (C=O) groups is 2. The van der Waals surface area contributed by atoms with Crippen LogP contribution in [0.3, 0.4) is 0 Å². The zero-order chi connectivity index (χ0) is 17.7. The van der Waals surface area contributed by atoms with E-state index in [9.17, 15) is 9.59 Å². The number of aryl methyl sites for hydroxylation is 2. The quantitative estimate of drug-likeness (QED) is 0.814. The van der Waals surface area contributed by atoms with Gasteiger partial charge in [0.2, 0.25) is 0 Å². The van der Waals surface area contributed by atoms with Crippen LogP contribution in [0.5, 0.6) is 5.75 Å². The molecule has 0 bridgehead atoms. The van der Waals surface area contributed by atoms with Gasteiger partial charge in [-0.25, -0.2) is 4.79 Å². The van der Waals surface area contributed by atoms with Gasteiger partial charge in [-0.2, -0.15) is 0 Å². The third-order valence-corrected chi connectivity index (χ3v) is 3.45. The summed E-state index contributed by atoms with van der Waals surface area (Å²) in [6.07, 6.45) is 0.404. The molecule has 0 radical (unpaired) electrons. The van der Waals surface area contributed by atoms with Crippen molar-refractivity contribution < 1.29 is 23.8 Å². The van der Waals surface area contributed by atoms with E-state index in [2.05, 4.69) is 5.32 Å². The molecule has 0 saturated carbocycles. The summed E-state index contributed by atoms with van der Waals surface area (Å²) < 4.78 is 11.0. The average molecular weight is 331 g/mol. The molecule has 24 heavy (non-hydrogen) atoms. The average Bonchev–Trinajstić information content (AvgIpc) is 2.98. The van der Waals surface area contributed by atoms with Gasteiger partial charge in [0, 0.05) is 12.5 Å². The maximum Gasteiger partial charge on any atom is 0.339 e. The number of carbonyl (C=O) groups excluding carboxylic acids is 1. The van der Waals surface area contributed by atoms with E-state index in [1.807, 2.05) is 31.2 Å². The molecule has 0 aliphatic heterocycles. The van der Waals surface area contributed by atoms with Crippen LogP contribution in [0.2, 0.25) is 0 Å². The normalized spacial score (nSPS) is 11.8. The first-order valence-electron chi connectivity index (χ1n) is 7.77. The zero-order valence-electron chi connectivity index (χ0n) is 14.0. The van der Waals surface area contributed by atoms with Crippen LogP contribution in [0.1, 0.15) is 46.1 Å². The largest absolute Gasteiger partial charge is 0.491 e. The minimum atomic E-state index is -1.11. The van der Waals surface area contributed by atoms with E-state index >= 15 is 0 Å². The second-order valence-corrected chi connectivity index (χ2v) is 5.61. The molecule has 2 N–H and O–H groups in total. The van der Waals surface area contributed by atoms with Crippen LogP contribution < -0.4 is 10.1 Å². The van der Waals surface area contributed by atoms with E-state index in [1.54, 1.807) is 13.8 Å². The van der Waals surface area contributed by atoms with Gasteiger partial charge in [0.1, 0.15) is 23.7 Å². The van der Waals surface area contributed by atoms with Crippen molar-refractivity contribution in [2.24, 2.45) is 0 Å². The highest BCUT2D eigenvalue weighted by Crippen LogP contribution is 2.17. The molecule has 2 rings (SSSR count). The van der Waals surface area contributed by atoms with E-state index in [-0.39, 0.29) is 23.1 Å². The van der Waals surface area contributed by atoms with Crippen molar-refractivity contribution in [3.8, 4) is 5.75 Å². The van der Waals surface area contributed by atoms with Gasteiger partial charge in [-0.15, -0.1) is 0 Å². The van der Waals surface area contributed by atoms with Gasteiger partial charge in [-0.05, 0) is 31.5 Å². The number of ether oxygens (including phenoxy) is 1. The van der Waals surface area contributed by atoms with E-state index < -0.39 is 11.9 Å². The maximum atomic E-state index is 12.2. The molecule has 1 atom stereocenters. The number of aromatic carboxylic acids is 1. The van der Waals surface area contributed by atoms with Crippen molar-refractivity contribution in [3.05, 3.63) is 53.0 Å². The molecule has 1 unspecified atom stereocenters. The van der Waals surface area contributed by atoms with Crippen molar-refractivity contribution in [2.45, 2.75) is 33.2 Å². The van der Waals surface area contributed by atoms with E-state index in [0.717, 1.165) is 11.3 Å². The van der Waals surface area contributed by atoms with Crippen LogP contribution in [0, 0.1) is 6.92 Å². The Balaban J connectivity index is 1.95. The Morgan fingerprint density at radius 1 is 1.33 bits per heavy atom. The predicted molar refractivity (Wildman–Crippen MR) is 88.6 cm³/mol. The molecule has 1 aromatic carbocycles. The molecule has 1 aromatic heterocycles. The number of rotatable bonds is 7. The molecule has 0 aliphatic carbocycles. The molecule has 0 fully saturated rings. The highest BCUT2D eigenvalue weighted by molar-refractivity contribution is 5.96. The van der Waals surface area contributed by atoms with Crippen molar-refractivity contribution in [2.75, 3.05) is 6.61 Å². The van der Waals surface area contributed by atoms with Crippen molar-refractivity contribution >= 4 is 11.9 Å². The van der Waals surface area contributed by atoms with Crippen LogP contribution in [-0.2, 0) is 6.42 Å². The Kier molecular flexibility index (Phi) is 5.63. The molecule has 1 heterocycles. The number of hydrogen-bond acceptors (Lipinski definition) is 4. The van der Waals surface area contributed by atoms with Crippen LogP contribution in [0.4, 0.5) is 0 Å². The molecule has 128 valence electrons. The van der Waals surface area contributed by atoms with Gasteiger partial charge < -0.3 is 19.6 Å². The summed E-state index contributed by atoms with van der Waals surface area (Å²) in [6.45, 7) is 5.84. The van der Waals surface area contributed by atoms with Gasteiger partial charge in [-0.1, -0.05) is 19.1 Å². The van der Waals surface area contributed by atoms with Crippen LogP contribution in [0.25, 0.3) is 0 Å². The second kappa shape index (κ2) is 7.68. The lowest BCUT2D eigenvalue weighted by atomic mass is 10.2. The summed E-state index contributed by atoms with van der Waals surface area (Å²) in [5.74, 6) is -0.554. The first-order valence-corrected chi connectivity index (χ1v) is 7.77. The number of carboxylic acids is 1. The van der Waals surface area contributed by atoms with Crippen molar-refractivity contribution in [1.82, 2.24) is 5.32 Å². The Morgan fingerprint density at radius 3 is 2.67 bits per heavy atom. The lowest BCUT2D eigenvalue weighted by molar-refractivity contribution is 0.0694. The Hall–Kier alpha value is -2.76. The Bertz CT molecular complexity index is 735. The summed E-state index contributed by atoms with van der Waals surface area (Å²) in [5.41, 5.74) is 1.11. The number of amides is 1. The molecule has 6 nitrogen and oxygen atoms in total. The number of carboxylic acid groups (broad SMARTS) is 1. The fraction of sp³-hybridized carbons (Fsp3) is 0.333. The Labute approximate surface area is 140 Å². The topological polar surface area (TPSA) is 88.8 Å². The predicted octanol–water partition coefficient (Wildman–Crippen LogP) is 3.05. The van der Waals surface area contributed by atoms with Crippen molar-refractivity contribution in [1.29, 1.82) is 0 Å². The molecule has 0 spiro atoms. The number of hydrogen-bond donors (Lipinski definition) is 2. The third-order valence-electron chi connectivity index (χ3n) is 3.45. The first-order chi connectivity index (χ1) is 11.4. The van der Waals surface area contributed by atoms with Crippen LogP contribution in [0.15, 0.2) is 34.7 Å². The van der Waals surface area contributed by atoms with Gasteiger partial charge in [0.25, 0.3) is 5.91 Å². The zero-order valence-corrected chi connectivity index (χ0v) is 14.0. The second-order valence-electron chi connectivity index (χ2n) is 5.61. The van der Waals surface area contributed by atoms with Gasteiger partial charge >= 0.3 is 5.97 Å². The van der Waals surface area contributed by atoms with Crippen molar-refractivity contribution in [3.63, 3.8) is 0 Å². The summed E-state index contributed by atoms with van der Waals surface area (Å²) >= 11 is 0. The van der Waals surface area contributed by atoms with Gasteiger partial charge in [0.15, 0.2) is 5.76 Å². The minimum absolute atomic E-state index is 0.00773. The highest BCUT2D eigenvalue weighted by atomic mass is 16.5. The molecule has 2 aromatic rings. The molecule has 0 aliphatic rings. The molecular weight excluding hydrogens is 310 g/mol. The molecule has 6 heteroatoms. The Morgan fingerprint density at radius 2 is 2.08 bits per heavy atom. The smallest absolute Gasteiger partial charge is 0.339 e. The molecular formula is C18H21NO5. The molecule has 1 amide bonds. The lowest BCUT2D eigenvalue weighted by Gasteiger charge is -2.14. The van der Waals surface area contributed by atoms with E-state index in [1.165, 1.54) is 6.07 Å². The minimum Gasteiger partial charge on any atom is -0.491 e. The number of nitrogens with one attached hydrogen (secondary N) is 1. The lowest BCUT2D eigenvalue weighted by Crippen LogP contribution is -2.36. The van der Waals surface area contributed by atoms with Crippen LogP contribution in [-0.4, -0.2) is 29.6 Å². The van der Waals surface area contributed by atoms with Gasteiger partial charge in [0.05, 0.1) is 6.04 Å². The van der Waals surface area contributed by atoms with E-state index in [0.29, 0.717) is 13.0 Å². The monoisotopic (exact) mass is 331 g/mol. The summed E-state index contributed by atoms with van der Waals surface area (Å²) in [4.78, 5) is 23.3. The summed E-state index contributed by atoms with van der Waals surface area (Å²) in [6, 6.07) is 8.62. The summed E-state index contributed by atoms with van der Waals surface area (Å²) in [7, 11) is 0. The molecule has 0 saturated heterocycles. The SMILES string of the molecule is CCc1oc(C(=O)NC(C)COc2cccc(C)c2)cc1C(=O)O.